The number of hydrogen-bond acceptors (Lipinski definition) is 3. The summed E-state index contributed by atoms with van der Waals surface area (Å²) in [6.45, 7) is 3.24. The largest absolute Gasteiger partial charge is 0.328 e. The molecule has 3 aromatic rings. The van der Waals surface area contributed by atoms with E-state index in [0.29, 0.717) is 0 Å². The van der Waals surface area contributed by atoms with Crippen LogP contribution in [0.25, 0.3) is 11.0 Å². The molecule has 2 heterocycles. The van der Waals surface area contributed by atoms with E-state index in [4.69, 9.17) is 4.98 Å². The van der Waals surface area contributed by atoms with Crippen molar-refractivity contribution in [3.63, 3.8) is 0 Å². The lowest BCUT2D eigenvalue weighted by atomic mass is 10.2. The maximum atomic E-state index is 4.90. The Labute approximate surface area is 160 Å². The third-order valence-corrected chi connectivity index (χ3v) is 6.22. The minimum absolute atomic E-state index is 0.862. The average Bonchev–Trinajstić information content (AvgIpc) is 3.40. The summed E-state index contributed by atoms with van der Waals surface area (Å²) in [4.78, 5) is 10.6. The van der Waals surface area contributed by atoms with Crippen molar-refractivity contribution in [2.24, 2.45) is 5.92 Å². The molecule has 3 nitrogen and oxygen atoms in total. The number of rotatable bonds is 9. The van der Waals surface area contributed by atoms with Crippen molar-refractivity contribution >= 4 is 22.8 Å². The molecule has 26 heavy (non-hydrogen) atoms. The first-order valence-corrected chi connectivity index (χ1v) is 10.8. The smallest absolute Gasteiger partial charge is 0.110 e. The molecule has 0 atom stereocenters. The Kier molecular flexibility index (Phi) is 5.59. The summed E-state index contributed by atoms with van der Waals surface area (Å²) in [5.41, 5.74) is 3.62. The summed E-state index contributed by atoms with van der Waals surface area (Å²) in [7, 11) is 0. The van der Waals surface area contributed by atoms with E-state index in [1.54, 1.807) is 0 Å². The maximum Gasteiger partial charge on any atom is 0.110 e. The molecule has 1 aliphatic rings. The van der Waals surface area contributed by atoms with Crippen LogP contribution in [-0.2, 0) is 13.0 Å². The quantitative estimate of drug-likeness (QED) is 0.362. The molecule has 0 bridgehead atoms. The third-order valence-electron chi connectivity index (χ3n) is 5.12. The SMILES string of the molecule is Cc1cncc2nc(CC3CC3)n(CCCCCSc3ccccc3)c12. The van der Waals surface area contributed by atoms with Gasteiger partial charge in [-0.05, 0) is 62.0 Å². The lowest BCUT2D eigenvalue weighted by Crippen LogP contribution is -2.06. The van der Waals surface area contributed by atoms with Crippen LogP contribution < -0.4 is 0 Å². The summed E-state index contributed by atoms with van der Waals surface area (Å²) in [5.74, 6) is 3.34. The van der Waals surface area contributed by atoms with Crippen LogP contribution in [0, 0.1) is 12.8 Å². The van der Waals surface area contributed by atoms with E-state index in [0.717, 1.165) is 24.4 Å². The van der Waals surface area contributed by atoms with Gasteiger partial charge in [-0.3, -0.25) is 4.98 Å². The van der Waals surface area contributed by atoms with E-state index in [1.807, 2.05) is 24.2 Å². The summed E-state index contributed by atoms with van der Waals surface area (Å²) in [6, 6.07) is 10.7. The van der Waals surface area contributed by atoms with Crippen molar-refractivity contribution in [1.29, 1.82) is 0 Å². The zero-order valence-corrected chi connectivity index (χ0v) is 16.3. The van der Waals surface area contributed by atoms with E-state index < -0.39 is 0 Å². The molecule has 2 aromatic heterocycles. The van der Waals surface area contributed by atoms with Crippen molar-refractivity contribution in [3.8, 4) is 0 Å². The summed E-state index contributed by atoms with van der Waals surface area (Å²) < 4.78 is 2.48. The molecule has 136 valence electrons. The third kappa shape index (κ3) is 4.29. The van der Waals surface area contributed by atoms with Gasteiger partial charge in [0.05, 0.1) is 11.7 Å². The number of imidazole rings is 1. The Balaban J connectivity index is 1.34. The molecule has 0 amide bonds. The molecule has 0 aliphatic heterocycles. The Morgan fingerprint density at radius 3 is 2.73 bits per heavy atom. The van der Waals surface area contributed by atoms with Gasteiger partial charge in [-0.25, -0.2) is 4.98 Å². The predicted molar refractivity (Wildman–Crippen MR) is 110 cm³/mol. The number of aromatic nitrogens is 3. The minimum Gasteiger partial charge on any atom is -0.328 e. The first-order valence-electron chi connectivity index (χ1n) is 9.79. The fraction of sp³-hybridized carbons (Fsp3) is 0.455. The molecule has 1 fully saturated rings. The second-order valence-electron chi connectivity index (χ2n) is 7.37. The molecule has 1 saturated carbocycles. The average molecular weight is 366 g/mol. The molecular formula is C22H27N3S. The molecular weight excluding hydrogens is 338 g/mol. The van der Waals surface area contributed by atoms with Crippen LogP contribution in [0.4, 0.5) is 0 Å². The van der Waals surface area contributed by atoms with Crippen LogP contribution in [0.1, 0.15) is 43.5 Å². The van der Waals surface area contributed by atoms with Gasteiger partial charge in [0.25, 0.3) is 0 Å². The van der Waals surface area contributed by atoms with E-state index in [9.17, 15) is 0 Å². The molecule has 4 heteroatoms. The van der Waals surface area contributed by atoms with Crippen molar-refractivity contribution in [2.45, 2.75) is 56.9 Å². The van der Waals surface area contributed by atoms with Gasteiger partial charge >= 0.3 is 0 Å². The highest BCUT2D eigenvalue weighted by molar-refractivity contribution is 7.99. The molecule has 0 unspecified atom stereocenters. The highest BCUT2D eigenvalue weighted by atomic mass is 32.2. The van der Waals surface area contributed by atoms with Crippen molar-refractivity contribution in [1.82, 2.24) is 14.5 Å². The number of pyridine rings is 1. The van der Waals surface area contributed by atoms with Gasteiger partial charge < -0.3 is 4.57 Å². The van der Waals surface area contributed by atoms with Gasteiger partial charge in [0, 0.05) is 24.1 Å². The van der Waals surface area contributed by atoms with Gasteiger partial charge in [0.2, 0.25) is 0 Å². The van der Waals surface area contributed by atoms with Gasteiger partial charge in [0.15, 0.2) is 0 Å². The zero-order valence-electron chi connectivity index (χ0n) is 15.5. The summed E-state index contributed by atoms with van der Waals surface area (Å²) in [5, 5.41) is 0. The molecule has 0 radical (unpaired) electrons. The van der Waals surface area contributed by atoms with Crippen LogP contribution in [0.5, 0.6) is 0 Å². The lowest BCUT2D eigenvalue weighted by molar-refractivity contribution is 0.582. The second kappa shape index (κ2) is 8.26. The van der Waals surface area contributed by atoms with E-state index in [2.05, 4.69) is 46.8 Å². The monoisotopic (exact) mass is 365 g/mol. The number of unbranched alkanes of at least 4 members (excludes halogenated alkanes) is 2. The number of fused-ring (bicyclic) bond motifs is 1. The van der Waals surface area contributed by atoms with Crippen LogP contribution in [0.2, 0.25) is 0 Å². The number of aryl methyl sites for hydroxylation is 2. The van der Waals surface area contributed by atoms with E-state index >= 15 is 0 Å². The van der Waals surface area contributed by atoms with E-state index in [1.165, 1.54) is 59.7 Å². The highest BCUT2D eigenvalue weighted by Gasteiger charge is 2.25. The molecule has 0 N–H and O–H groups in total. The van der Waals surface area contributed by atoms with Gasteiger partial charge in [0.1, 0.15) is 11.3 Å². The lowest BCUT2D eigenvalue weighted by Gasteiger charge is -2.10. The first kappa shape index (κ1) is 17.6. The van der Waals surface area contributed by atoms with Crippen LogP contribution in [-0.4, -0.2) is 20.3 Å². The summed E-state index contributed by atoms with van der Waals surface area (Å²) in [6.07, 6.45) is 11.5. The number of benzene rings is 1. The molecule has 1 aliphatic carbocycles. The van der Waals surface area contributed by atoms with Crippen molar-refractivity contribution in [3.05, 3.63) is 54.1 Å². The fourth-order valence-corrected chi connectivity index (χ4v) is 4.47. The van der Waals surface area contributed by atoms with Crippen molar-refractivity contribution < 1.29 is 0 Å². The fourth-order valence-electron chi connectivity index (χ4n) is 3.54. The van der Waals surface area contributed by atoms with Gasteiger partial charge in [-0.1, -0.05) is 24.6 Å². The standard InChI is InChI=1S/C22H27N3S/c1-17-15-23-16-20-22(17)25(21(24-20)14-18-10-11-18)12-6-3-7-13-26-19-8-4-2-5-9-19/h2,4-5,8-9,15-16,18H,3,6-7,10-14H2,1H3. The van der Waals surface area contributed by atoms with Gasteiger partial charge in [-0.2, -0.15) is 0 Å². The van der Waals surface area contributed by atoms with E-state index in [-0.39, 0.29) is 0 Å². The number of hydrogen-bond donors (Lipinski definition) is 0. The molecule has 0 spiro atoms. The predicted octanol–water partition coefficient (Wildman–Crippen LogP) is 5.65. The number of thioether (sulfide) groups is 1. The van der Waals surface area contributed by atoms with Crippen LogP contribution in [0.15, 0.2) is 47.6 Å². The first-order chi connectivity index (χ1) is 12.8. The molecule has 1 aromatic carbocycles. The Bertz CT molecular complexity index is 852. The number of nitrogens with zero attached hydrogens (tertiary/aromatic N) is 3. The van der Waals surface area contributed by atoms with Crippen molar-refractivity contribution in [2.75, 3.05) is 5.75 Å². The highest BCUT2D eigenvalue weighted by Crippen LogP contribution is 2.33. The Morgan fingerprint density at radius 1 is 1.08 bits per heavy atom. The molecule has 0 saturated heterocycles. The van der Waals surface area contributed by atoms with Gasteiger partial charge in [-0.15, -0.1) is 11.8 Å². The zero-order chi connectivity index (χ0) is 17.8. The topological polar surface area (TPSA) is 30.7 Å². The molecule has 4 rings (SSSR count). The normalized spacial score (nSPS) is 14.2. The second-order valence-corrected chi connectivity index (χ2v) is 8.54. The summed E-state index contributed by atoms with van der Waals surface area (Å²) >= 11 is 1.97. The minimum atomic E-state index is 0.862. The Morgan fingerprint density at radius 2 is 1.92 bits per heavy atom. The van der Waals surface area contributed by atoms with Crippen LogP contribution in [0.3, 0.4) is 0 Å². The van der Waals surface area contributed by atoms with Crippen LogP contribution >= 0.6 is 11.8 Å². The Hall–Kier alpha value is -1.81. The maximum absolute atomic E-state index is 4.90.